The molecule has 6 rings (SSSR count). The topological polar surface area (TPSA) is 95.9 Å². The van der Waals surface area contributed by atoms with Crippen LogP contribution in [-0.4, -0.2) is 47.6 Å². The Morgan fingerprint density at radius 3 is 2.63 bits per heavy atom. The van der Waals surface area contributed by atoms with Gasteiger partial charge in [-0.15, -0.1) is 0 Å². The maximum Gasteiger partial charge on any atom is 0.160 e. The van der Waals surface area contributed by atoms with E-state index in [1.165, 1.54) is 26.4 Å². The Kier molecular flexibility index (Phi) is 7.03. The SMILES string of the molecule is COc1cc2c(cc1O)CC#C[C@]1(CC[C@@H]([C@H]3CC[C@H]4[C@H](CN[C@@H]5CC(=O)CC[C@H]45)C3)C[C@H]1O)C(=O)CC2. The Labute approximate surface area is 225 Å². The van der Waals surface area contributed by atoms with Crippen LogP contribution in [0.25, 0.3) is 0 Å². The van der Waals surface area contributed by atoms with Gasteiger partial charge < -0.3 is 20.3 Å². The van der Waals surface area contributed by atoms with E-state index in [-0.39, 0.29) is 11.5 Å². The molecule has 1 saturated heterocycles. The van der Waals surface area contributed by atoms with Gasteiger partial charge in [-0.2, -0.15) is 0 Å². The van der Waals surface area contributed by atoms with E-state index >= 15 is 0 Å². The van der Waals surface area contributed by atoms with Crippen LogP contribution in [0, 0.1) is 46.8 Å². The van der Waals surface area contributed by atoms with Gasteiger partial charge in [0.25, 0.3) is 0 Å². The minimum atomic E-state index is -0.976. The van der Waals surface area contributed by atoms with Crippen LogP contribution < -0.4 is 10.1 Å². The number of carbonyl (C=O) groups excluding carboxylic acids is 2. The number of aromatic hydroxyl groups is 1. The number of ether oxygens (including phenoxy) is 1. The predicted molar refractivity (Wildman–Crippen MR) is 144 cm³/mol. The molecule has 204 valence electrons. The van der Waals surface area contributed by atoms with Gasteiger partial charge in [-0.1, -0.05) is 11.8 Å². The van der Waals surface area contributed by atoms with Crippen molar-refractivity contribution in [3.05, 3.63) is 23.3 Å². The standard InChI is InChI=1S/C32H41NO5/c1-38-29-15-21-5-9-30(36)32(11-2-3-19(21)14-28(29)35)12-10-22(16-31(32)37)20-4-7-25-23(13-20)18-33-27-17-24(34)6-8-26(25)27/h14-15,20,22-23,25-27,31,33,35,37H,3-10,12-13,16-18H2,1H3/t20-,22+,23-,25-,26+,27+,31+,32-/m0/s1. The van der Waals surface area contributed by atoms with Gasteiger partial charge in [0, 0.05) is 31.7 Å². The quantitative estimate of drug-likeness (QED) is 0.512. The Bertz CT molecular complexity index is 1170. The second kappa shape index (κ2) is 10.3. The molecule has 1 aromatic rings. The van der Waals surface area contributed by atoms with Crippen molar-refractivity contribution in [3.8, 4) is 23.3 Å². The summed E-state index contributed by atoms with van der Waals surface area (Å²) in [5, 5.41) is 25.4. The van der Waals surface area contributed by atoms with Gasteiger partial charge in [0.2, 0.25) is 0 Å². The Hall–Kier alpha value is -2.36. The summed E-state index contributed by atoms with van der Waals surface area (Å²) in [6.45, 7) is 1.01. The van der Waals surface area contributed by atoms with Crippen LogP contribution in [0.5, 0.6) is 11.5 Å². The lowest BCUT2D eigenvalue weighted by Gasteiger charge is -2.51. The molecule has 8 atom stereocenters. The number of hydrogen-bond donors (Lipinski definition) is 3. The fourth-order valence-electron chi connectivity index (χ4n) is 8.75. The monoisotopic (exact) mass is 519 g/mol. The number of phenolic OH excluding ortho intramolecular Hbond substituents is 1. The van der Waals surface area contributed by atoms with Crippen molar-refractivity contribution in [2.75, 3.05) is 13.7 Å². The lowest BCUT2D eigenvalue weighted by molar-refractivity contribution is -0.135. The number of benzene rings is 1. The summed E-state index contributed by atoms with van der Waals surface area (Å²) in [5.74, 6) is 10.5. The second-order valence-corrected chi connectivity index (χ2v) is 12.7. The molecule has 6 nitrogen and oxygen atoms in total. The molecule has 4 fully saturated rings. The number of aliphatic hydroxyl groups is 1. The summed E-state index contributed by atoms with van der Waals surface area (Å²) in [5.41, 5.74) is 0.923. The summed E-state index contributed by atoms with van der Waals surface area (Å²) in [6.07, 6.45) is 8.96. The first-order valence-corrected chi connectivity index (χ1v) is 14.7. The third-order valence-corrected chi connectivity index (χ3v) is 10.9. The number of aliphatic hydroxyl groups excluding tert-OH is 1. The molecule has 1 aliphatic heterocycles. The number of Topliss-reactive ketones (excluding diaryl/α,β-unsaturated/α-hetero) is 2. The van der Waals surface area contributed by atoms with Gasteiger partial charge in [-0.3, -0.25) is 9.59 Å². The van der Waals surface area contributed by atoms with E-state index in [1.54, 1.807) is 6.07 Å². The smallest absolute Gasteiger partial charge is 0.160 e. The summed E-state index contributed by atoms with van der Waals surface area (Å²) in [7, 11) is 1.53. The Morgan fingerprint density at radius 1 is 0.974 bits per heavy atom. The number of fused-ring (bicyclic) bond motifs is 4. The first-order valence-electron chi connectivity index (χ1n) is 14.7. The molecule has 6 heteroatoms. The molecule has 0 amide bonds. The summed E-state index contributed by atoms with van der Waals surface area (Å²) in [4.78, 5) is 25.6. The molecule has 4 aliphatic carbocycles. The molecule has 0 aromatic heterocycles. The first-order chi connectivity index (χ1) is 18.4. The van der Waals surface area contributed by atoms with E-state index in [1.807, 2.05) is 6.07 Å². The van der Waals surface area contributed by atoms with E-state index in [0.717, 1.165) is 42.9 Å². The molecule has 38 heavy (non-hydrogen) atoms. The number of carbonyl (C=O) groups is 2. The largest absolute Gasteiger partial charge is 0.504 e. The van der Waals surface area contributed by atoms with Crippen LogP contribution in [0.3, 0.4) is 0 Å². The van der Waals surface area contributed by atoms with E-state index in [9.17, 15) is 19.8 Å². The lowest BCUT2D eigenvalue weighted by atomic mass is 9.57. The number of rotatable bonds is 2. The van der Waals surface area contributed by atoms with Crippen molar-refractivity contribution in [3.63, 3.8) is 0 Å². The van der Waals surface area contributed by atoms with Gasteiger partial charge in [-0.05, 0) is 111 Å². The summed E-state index contributed by atoms with van der Waals surface area (Å²) < 4.78 is 5.27. The highest BCUT2D eigenvalue weighted by molar-refractivity contribution is 5.89. The zero-order valence-electron chi connectivity index (χ0n) is 22.5. The number of ketones is 2. The van der Waals surface area contributed by atoms with Gasteiger partial charge in [0.05, 0.1) is 13.2 Å². The van der Waals surface area contributed by atoms with E-state index in [0.29, 0.717) is 79.8 Å². The van der Waals surface area contributed by atoms with Crippen LogP contribution in [0.4, 0.5) is 0 Å². The molecule has 1 spiro atoms. The maximum absolute atomic E-state index is 13.6. The summed E-state index contributed by atoms with van der Waals surface area (Å²) in [6, 6.07) is 3.90. The van der Waals surface area contributed by atoms with Crippen molar-refractivity contribution >= 4 is 11.6 Å². The highest BCUT2D eigenvalue weighted by atomic mass is 16.5. The minimum absolute atomic E-state index is 0.0499. The molecule has 1 heterocycles. The molecule has 0 bridgehead atoms. The molecule has 0 unspecified atom stereocenters. The maximum atomic E-state index is 13.6. The van der Waals surface area contributed by atoms with Crippen LogP contribution in [0.15, 0.2) is 12.1 Å². The molecular formula is C32H41NO5. The van der Waals surface area contributed by atoms with Crippen LogP contribution in [0.2, 0.25) is 0 Å². The van der Waals surface area contributed by atoms with E-state index in [4.69, 9.17) is 4.74 Å². The van der Waals surface area contributed by atoms with Gasteiger partial charge in [0.1, 0.15) is 11.2 Å². The van der Waals surface area contributed by atoms with Crippen LogP contribution in [-0.2, 0) is 22.4 Å². The van der Waals surface area contributed by atoms with E-state index in [2.05, 4.69) is 17.2 Å². The molecule has 1 aromatic carbocycles. The second-order valence-electron chi connectivity index (χ2n) is 12.7. The van der Waals surface area contributed by atoms with Gasteiger partial charge >= 0.3 is 0 Å². The normalized spacial score (nSPS) is 38.9. The van der Waals surface area contributed by atoms with Crippen molar-refractivity contribution in [2.24, 2.45) is 35.0 Å². The average Bonchev–Trinajstić information content (AvgIpc) is 2.98. The predicted octanol–water partition coefficient (Wildman–Crippen LogP) is 3.98. The first kappa shape index (κ1) is 25.9. The van der Waals surface area contributed by atoms with Crippen LogP contribution >= 0.6 is 0 Å². The van der Waals surface area contributed by atoms with Crippen molar-refractivity contribution < 1.29 is 24.5 Å². The number of phenols is 1. The van der Waals surface area contributed by atoms with Crippen molar-refractivity contribution in [1.82, 2.24) is 5.32 Å². The molecule has 0 radical (unpaired) electrons. The zero-order chi connectivity index (χ0) is 26.4. The van der Waals surface area contributed by atoms with Gasteiger partial charge in [0.15, 0.2) is 17.3 Å². The molecular weight excluding hydrogens is 478 g/mol. The van der Waals surface area contributed by atoms with Crippen LogP contribution in [0.1, 0.15) is 75.3 Å². The highest BCUT2D eigenvalue weighted by Crippen LogP contribution is 2.51. The Balaban J connectivity index is 1.13. The number of hydrogen-bond acceptors (Lipinski definition) is 6. The van der Waals surface area contributed by atoms with Gasteiger partial charge in [-0.25, -0.2) is 0 Å². The number of methoxy groups -OCH3 is 1. The van der Waals surface area contributed by atoms with Crippen molar-refractivity contribution in [2.45, 2.75) is 89.2 Å². The lowest BCUT2D eigenvalue weighted by Crippen LogP contribution is -2.55. The fraction of sp³-hybridized carbons (Fsp3) is 0.688. The average molecular weight is 520 g/mol. The summed E-state index contributed by atoms with van der Waals surface area (Å²) >= 11 is 0. The number of piperidine rings is 1. The third-order valence-electron chi connectivity index (χ3n) is 10.9. The van der Waals surface area contributed by atoms with Crippen molar-refractivity contribution in [1.29, 1.82) is 0 Å². The molecule has 3 N–H and O–H groups in total. The minimum Gasteiger partial charge on any atom is -0.504 e. The number of aryl methyl sites for hydroxylation is 1. The number of nitrogens with one attached hydrogen (secondary N) is 1. The van der Waals surface area contributed by atoms with E-state index < -0.39 is 11.5 Å². The Morgan fingerprint density at radius 2 is 1.82 bits per heavy atom. The fourth-order valence-corrected chi connectivity index (χ4v) is 8.75. The highest BCUT2D eigenvalue weighted by Gasteiger charge is 2.50. The third kappa shape index (κ3) is 4.56. The molecule has 5 aliphatic rings. The molecule has 3 saturated carbocycles. The zero-order valence-corrected chi connectivity index (χ0v) is 22.5.